The van der Waals surface area contributed by atoms with Crippen molar-refractivity contribution in [2.45, 2.75) is 52.0 Å². The Morgan fingerprint density at radius 1 is 1.21 bits per heavy atom. The van der Waals surface area contributed by atoms with E-state index in [0.717, 1.165) is 18.6 Å². The van der Waals surface area contributed by atoms with Gasteiger partial charge in [0.1, 0.15) is 5.75 Å². The molecule has 0 aromatic heterocycles. The number of unbranched alkanes of at least 4 members (excludes halogenated alkanes) is 1. The molecule has 0 saturated heterocycles. The van der Waals surface area contributed by atoms with Crippen molar-refractivity contribution in [1.29, 1.82) is 0 Å². The highest BCUT2D eigenvalue weighted by Gasteiger charge is 2.15. The fourth-order valence-electron chi connectivity index (χ4n) is 2.37. The second-order valence-electron chi connectivity index (χ2n) is 5.28. The molecule has 3 heteroatoms. The van der Waals surface area contributed by atoms with Gasteiger partial charge in [-0.05, 0) is 42.9 Å². The van der Waals surface area contributed by atoms with Gasteiger partial charge in [0, 0.05) is 6.04 Å². The molecule has 1 aromatic carbocycles. The Morgan fingerprint density at radius 3 is 2.42 bits per heavy atom. The third-order valence-electron chi connectivity index (χ3n) is 3.82. The van der Waals surface area contributed by atoms with E-state index in [1.54, 1.807) is 7.11 Å². The normalized spacial score (nSPS) is 14.1. The molecule has 108 valence electrons. The number of hydrogen-bond acceptors (Lipinski definition) is 3. The summed E-state index contributed by atoms with van der Waals surface area (Å²) in [7, 11) is 1.69. The molecule has 0 amide bonds. The zero-order chi connectivity index (χ0) is 14.1. The maximum atomic E-state index is 5.69. The Bertz CT molecular complexity index is 337. The molecule has 0 fully saturated rings. The minimum absolute atomic E-state index is 0.397. The van der Waals surface area contributed by atoms with E-state index in [-0.39, 0.29) is 0 Å². The average Bonchev–Trinajstić information content (AvgIpc) is 2.46. The van der Waals surface area contributed by atoms with E-state index in [0.29, 0.717) is 12.0 Å². The lowest BCUT2D eigenvalue weighted by Gasteiger charge is -2.23. The number of rotatable bonds is 9. The second kappa shape index (κ2) is 8.94. The highest BCUT2D eigenvalue weighted by molar-refractivity contribution is 5.27. The first-order chi connectivity index (χ1) is 9.21. The van der Waals surface area contributed by atoms with E-state index in [1.807, 2.05) is 12.1 Å². The predicted molar refractivity (Wildman–Crippen MR) is 81.1 cm³/mol. The number of nitrogens with two attached hydrogens (primary N) is 1. The van der Waals surface area contributed by atoms with Crippen LogP contribution in [0.25, 0.3) is 0 Å². The highest BCUT2D eigenvalue weighted by Crippen LogP contribution is 2.18. The van der Waals surface area contributed by atoms with E-state index in [9.17, 15) is 0 Å². The minimum atomic E-state index is 0.397. The van der Waals surface area contributed by atoms with E-state index in [4.69, 9.17) is 10.6 Å². The molecule has 0 spiro atoms. The Kier molecular flexibility index (Phi) is 7.53. The zero-order valence-electron chi connectivity index (χ0n) is 12.5. The van der Waals surface area contributed by atoms with E-state index in [2.05, 4.69) is 31.4 Å². The lowest BCUT2D eigenvalue weighted by molar-refractivity contribution is 0.336. The summed E-state index contributed by atoms with van der Waals surface area (Å²) in [6, 6.07) is 8.68. The molecule has 0 aliphatic rings. The highest BCUT2D eigenvalue weighted by atomic mass is 16.5. The number of benzene rings is 1. The van der Waals surface area contributed by atoms with Crippen molar-refractivity contribution in [1.82, 2.24) is 5.43 Å². The van der Waals surface area contributed by atoms with Gasteiger partial charge in [-0.25, -0.2) is 0 Å². The third-order valence-corrected chi connectivity index (χ3v) is 3.82. The molecular formula is C16H28N2O. The van der Waals surface area contributed by atoms with E-state index in [1.165, 1.54) is 24.8 Å². The van der Waals surface area contributed by atoms with Gasteiger partial charge in [0.2, 0.25) is 0 Å². The van der Waals surface area contributed by atoms with Gasteiger partial charge in [-0.1, -0.05) is 38.8 Å². The molecule has 1 aromatic rings. The molecule has 0 heterocycles. The molecule has 2 atom stereocenters. The molecule has 0 aliphatic carbocycles. The molecule has 0 aliphatic heterocycles. The van der Waals surface area contributed by atoms with Crippen molar-refractivity contribution in [3.05, 3.63) is 29.8 Å². The van der Waals surface area contributed by atoms with Gasteiger partial charge in [-0.2, -0.15) is 0 Å². The van der Waals surface area contributed by atoms with Gasteiger partial charge in [0.15, 0.2) is 0 Å². The van der Waals surface area contributed by atoms with Crippen molar-refractivity contribution in [2.75, 3.05) is 7.11 Å². The smallest absolute Gasteiger partial charge is 0.118 e. The SMILES string of the molecule is CCCCC(C)C(CCc1ccc(OC)cc1)NN. The van der Waals surface area contributed by atoms with E-state index >= 15 is 0 Å². The van der Waals surface area contributed by atoms with Gasteiger partial charge in [0.05, 0.1) is 7.11 Å². The van der Waals surface area contributed by atoms with Crippen LogP contribution in [0.15, 0.2) is 24.3 Å². The maximum Gasteiger partial charge on any atom is 0.118 e. The molecule has 0 saturated carbocycles. The van der Waals surface area contributed by atoms with Crippen molar-refractivity contribution in [3.8, 4) is 5.75 Å². The Labute approximate surface area is 117 Å². The van der Waals surface area contributed by atoms with Crippen LogP contribution in [0.1, 0.15) is 45.1 Å². The molecule has 1 rings (SSSR count). The summed E-state index contributed by atoms with van der Waals surface area (Å²) in [5.74, 6) is 7.22. The summed E-state index contributed by atoms with van der Waals surface area (Å²) in [5, 5.41) is 0. The Morgan fingerprint density at radius 2 is 1.89 bits per heavy atom. The number of methoxy groups -OCH3 is 1. The van der Waals surface area contributed by atoms with Gasteiger partial charge in [-0.15, -0.1) is 0 Å². The lowest BCUT2D eigenvalue weighted by Crippen LogP contribution is -2.40. The number of nitrogens with one attached hydrogen (secondary N) is 1. The topological polar surface area (TPSA) is 47.3 Å². The molecular weight excluding hydrogens is 236 g/mol. The molecule has 0 radical (unpaired) electrons. The standard InChI is InChI=1S/C16H28N2O/c1-4-5-6-13(2)16(18-17)12-9-14-7-10-15(19-3)11-8-14/h7-8,10-11,13,16,18H,4-6,9,12,17H2,1-3H3. The van der Waals surface area contributed by atoms with Crippen LogP contribution in [-0.2, 0) is 6.42 Å². The summed E-state index contributed by atoms with van der Waals surface area (Å²) in [5.41, 5.74) is 4.32. The largest absolute Gasteiger partial charge is 0.497 e. The van der Waals surface area contributed by atoms with Crippen molar-refractivity contribution in [2.24, 2.45) is 11.8 Å². The fourth-order valence-corrected chi connectivity index (χ4v) is 2.37. The predicted octanol–water partition coefficient (Wildman–Crippen LogP) is 3.29. The zero-order valence-corrected chi connectivity index (χ0v) is 12.5. The summed E-state index contributed by atoms with van der Waals surface area (Å²) >= 11 is 0. The molecule has 2 unspecified atom stereocenters. The first-order valence-corrected chi connectivity index (χ1v) is 7.30. The summed E-state index contributed by atoms with van der Waals surface area (Å²) in [4.78, 5) is 0. The van der Waals surface area contributed by atoms with E-state index < -0.39 is 0 Å². The van der Waals surface area contributed by atoms with Gasteiger partial charge < -0.3 is 4.74 Å². The number of ether oxygens (including phenoxy) is 1. The third kappa shape index (κ3) is 5.62. The summed E-state index contributed by atoms with van der Waals surface area (Å²) in [6.45, 7) is 4.52. The summed E-state index contributed by atoms with van der Waals surface area (Å²) < 4.78 is 5.17. The summed E-state index contributed by atoms with van der Waals surface area (Å²) in [6.07, 6.45) is 5.90. The Balaban J connectivity index is 2.43. The lowest BCUT2D eigenvalue weighted by atomic mass is 9.91. The molecule has 0 bridgehead atoms. The Hall–Kier alpha value is -1.06. The van der Waals surface area contributed by atoms with Gasteiger partial charge >= 0.3 is 0 Å². The molecule has 19 heavy (non-hydrogen) atoms. The average molecular weight is 264 g/mol. The molecule has 3 N–H and O–H groups in total. The van der Waals surface area contributed by atoms with Crippen molar-refractivity contribution >= 4 is 0 Å². The van der Waals surface area contributed by atoms with Crippen molar-refractivity contribution in [3.63, 3.8) is 0 Å². The monoisotopic (exact) mass is 264 g/mol. The number of hydrazine groups is 1. The fraction of sp³-hybridized carbons (Fsp3) is 0.625. The van der Waals surface area contributed by atoms with Gasteiger partial charge in [0.25, 0.3) is 0 Å². The maximum absolute atomic E-state index is 5.69. The first-order valence-electron chi connectivity index (χ1n) is 7.30. The first kappa shape index (κ1) is 16.0. The van der Waals surface area contributed by atoms with Crippen LogP contribution in [0.4, 0.5) is 0 Å². The van der Waals surface area contributed by atoms with Crippen LogP contribution in [0.5, 0.6) is 5.75 Å². The minimum Gasteiger partial charge on any atom is -0.497 e. The number of hydrogen-bond donors (Lipinski definition) is 2. The van der Waals surface area contributed by atoms with Crippen LogP contribution in [0.2, 0.25) is 0 Å². The van der Waals surface area contributed by atoms with Crippen LogP contribution in [0, 0.1) is 5.92 Å². The molecule has 3 nitrogen and oxygen atoms in total. The van der Waals surface area contributed by atoms with Crippen LogP contribution in [-0.4, -0.2) is 13.2 Å². The van der Waals surface area contributed by atoms with Crippen LogP contribution < -0.4 is 16.0 Å². The van der Waals surface area contributed by atoms with Crippen LogP contribution >= 0.6 is 0 Å². The quantitative estimate of drug-likeness (QED) is 0.531. The number of aryl methyl sites for hydroxylation is 1. The second-order valence-corrected chi connectivity index (χ2v) is 5.28. The van der Waals surface area contributed by atoms with Gasteiger partial charge in [-0.3, -0.25) is 11.3 Å². The van der Waals surface area contributed by atoms with Crippen LogP contribution in [0.3, 0.4) is 0 Å². The van der Waals surface area contributed by atoms with Crippen molar-refractivity contribution < 1.29 is 4.74 Å².